The summed E-state index contributed by atoms with van der Waals surface area (Å²) in [7, 11) is 0. The lowest BCUT2D eigenvalue weighted by Gasteiger charge is -2.41. The summed E-state index contributed by atoms with van der Waals surface area (Å²) in [4.78, 5) is 0. The zero-order chi connectivity index (χ0) is 9.31. The van der Waals surface area contributed by atoms with E-state index in [9.17, 15) is 0 Å². The second kappa shape index (κ2) is 3.61. The minimum atomic E-state index is 0.431. The molecule has 0 amide bonds. The van der Waals surface area contributed by atoms with Gasteiger partial charge in [0.1, 0.15) is 0 Å². The lowest BCUT2D eigenvalue weighted by Crippen LogP contribution is -2.38. The van der Waals surface area contributed by atoms with E-state index in [2.05, 4.69) is 6.92 Å². The lowest BCUT2D eigenvalue weighted by atomic mass is 9.66. The first kappa shape index (κ1) is 9.51. The van der Waals surface area contributed by atoms with Crippen LogP contribution in [0.4, 0.5) is 0 Å². The molecular weight excluding hydrogens is 158 g/mol. The molecule has 1 heteroatoms. The molecule has 1 nitrogen and oxygen atoms in total. The van der Waals surface area contributed by atoms with Gasteiger partial charge in [0.2, 0.25) is 0 Å². The van der Waals surface area contributed by atoms with Crippen molar-refractivity contribution in [1.29, 1.82) is 0 Å². The first-order valence-corrected chi connectivity index (χ1v) is 6.00. The highest BCUT2D eigenvalue weighted by atomic mass is 14.7. The highest BCUT2D eigenvalue weighted by Crippen LogP contribution is 2.53. The molecule has 0 aromatic rings. The first-order chi connectivity index (χ1) is 6.25. The Morgan fingerprint density at radius 3 is 2.31 bits per heavy atom. The molecule has 0 aromatic heterocycles. The zero-order valence-electron chi connectivity index (χ0n) is 8.89. The molecule has 0 heterocycles. The van der Waals surface area contributed by atoms with Crippen LogP contribution in [0.1, 0.15) is 58.3 Å². The molecule has 2 rings (SSSR count). The van der Waals surface area contributed by atoms with Crippen LogP contribution in [-0.4, -0.2) is 6.04 Å². The fraction of sp³-hybridized carbons (Fsp3) is 1.00. The normalized spacial score (nSPS) is 35.1. The Bertz CT molecular complexity index is 168. The van der Waals surface area contributed by atoms with Crippen LogP contribution in [0.3, 0.4) is 0 Å². The topological polar surface area (TPSA) is 26.0 Å². The molecule has 2 aliphatic carbocycles. The Balaban J connectivity index is 2.09. The highest BCUT2D eigenvalue weighted by molar-refractivity contribution is 4.96. The van der Waals surface area contributed by atoms with Crippen molar-refractivity contribution in [2.24, 2.45) is 17.1 Å². The predicted octanol–water partition coefficient (Wildman–Crippen LogP) is 3.08. The molecule has 2 fully saturated rings. The SMILES string of the molecule is CC(N)C1CCCC12CCCCC2. The third-order valence-corrected chi connectivity index (χ3v) is 4.46. The molecule has 76 valence electrons. The molecule has 1 spiro atoms. The summed E-state index contributed by atoms with van der Waals surface area (Å²) in [5.74, 6) is 0.841. The van der Waals surface area contributed by atoms with Crippen LogP contribution in [0, 0.1) is 11.3 Å². The van der Waals surface area contributed by atoms with Gasteiger partial charge in [-0.25, -0.2) is 0 Å². The van der Waals surface area contributed by atoms with E-state index >= 15 is 0 Å². The molecule has 0 bridgehead atoms. The third kappa shape index (κ3) is 1.63. The van der Waals surface area contributed by atoms with Gasteiger partial charge in [-0.15, -0.1) is 0 Å². The van der Waals surface area contributed by atoms with Gasteiger partial charge in [-0.3, -0.25) is 0 Å². The van der Waals surface area contributed by atoms with Gasteiger partial charge in [-0.1, -0.05) is 25.7 Å². The molecule has 2 unspecified atom stereocenters. The zero-order valence-corrected chi connectivity index (χ0v) is 8.89. The summed E-state index contributed by atoms with van der Waals surface area (Å²) in [5.41, 5.74) is 6.79. The van der Waals surface area contributed by atoms with Crippen molar-refractivity contribution >= 4 is 0 Å². The standard InChI is InChI=1S/C12H23N/c1-10(13)11-6-5-9-12(11)7-3-2-4-8-12/h10-11H,2-9,13H2,1H3. The smallest absolute Gasteiger partial charge is 0.00440 e. The van der Waals surface area contributed by atoms with Crippen LogP contribution in [0.15, 0.2) is 0 Å². The van der Waals surface area contributed by atoms with Crippen molar-refractivity contribution in [3.8, 4) is 0 Å². The number of rotatable bonds is 1. The van der Waals surface area contributed by atoms with Gasteiger partial charge in [-0.05, 0) is 43.9 Å². The number of hydrogen-bond acceptors (Lipinski definition) is 1. The quantitative estimate of drug-likeness (QED) is 0.661. The second-order valence-corrected chi connectivity index (χ2v) is 5.28. The summed E-state index contributed by atoms with van der Waals surface area (Å²) in [6, 6.07) is 0.431. The maximum atomic E-state index is 6.10. The molecule has 2 aliphatic rings. The average Bonchev–Trinajstić information content (AvgIpc) is 2.50. The van der Waals surface area contributed by atoms with Crippen molar-refractivity contribution in [2.45, 2.75) is 64.3 Å². The van der Waals surface area contributed by atoms with Gasteiger partial charge < -0.3 is 5.73 Å². The molecule has 0 saturated heterocycles. The largest absolute Gasteiger partial charge is 0.328 e. The molecule has 0 radical (unpaired) electrons. The fourth-order valence-electron chi connectivity index (χ4n) is 3.86. The van der Waals surface area contributed by atoms with Crippen LogP contribution in [0.2, 0.25) is 0 Å². The summed E-state index contributed by atoms with van der Waals surface area (Å²) in [6.07, 6.45) is 11.6. The molecule has 13 heavy (non-hydrogen) atoms. The van der Waals surface area contributed by atoms with Gasteiger partial charge in [0.15, 0.2) is 0 Å². The minimum Gasteiger partial charge on any atom is -0.328 e. The van der Waals surface area contributed by atoms with Crippen LogP contribution in [0.5, 0.6) is 0 Å². The molecule has 0 aliphatic heterocycles. The molecular formula is C12H23N. The molecule has 0 aromatic carbocycles. The van der Waals surface area contributed by atoms with E-state index in [0.717, 1.165) is 5.92 Å². The van der Waals surface area contributed by atoms with E-state index in [1.807, 2.05) is 0 Å². The van der Waals surface area contributed by atoms with Crippen LogP contribution in [0.25, 0.3) is 0 Å². The Labute approximate surface area is 82.1 Å². The summed E-state index contributed by atoms with van der Waals surface area (Å²) < 4.78 is 0. The van der Waals surface area contributed by atoms with E-state index < -0.39 is 0 Å². The van der Waals surface area contributed by atoms with Gasteiger partial charge in [-0.2, -0.15) is 0 Å². The van der Waals surface area contributed by atoms with Crippen molar-refractivity contribution in [3.05, 3.63) is 0 Å². The Kier molecular flexibility index (Phi) is 2.64. The maximum Gasteiger partial charge on any atom is 0.00440 e. The van der Waals surface area contributed by atoms with Crippen molar-refractivity contribution in [3.63, 3.8) is 0 Å². The lowest BCUT2D eigenvalue weighted by molar-refractivity contribution is 0.113. The maximum absolute atomic E-state index is 6.10. The monoisotopic (exact) mass is 181 g/mol. The Morgan fingerprint density at radius 1 is 1.08 bits per heavy atom. The van der Waals surface area contributed by atoms with E-state index in [4.69, 9.17) is 5.73 Å². The number of hydrogen-bond donors (Lipinski definition) is 1. The third-order valence-electron chi connectivity index (χ3n) is 4.46. The van der Waals surface area contributed by atoms with Crippen LogP contribution >= 0.6 is 0 Å². The van der Waals surface area contributed by atoms with E-state index in [1.165, 1.54) is 51.4 Å². The molecule has 2 saturated carbocycles. The van der Waals surface area contributed by atoms with Crippen molar-refractivity contribution in [1.82, 2.24) is 0 Å². The van der Waals surface area contributed by atoms with Crippen LogP contribution in [-0.2, 0) is 0 Å². The Morgan fingerprint density at radius 2 is 1.69 bits per heavy atom. The number of nitrogens with two attached hydrogens (primary N) is 1. The van der Waals surface area contributed by atoms with Crippen molar-refractivity contribution < 1.29 is 0 Å². The van der Waals surface area contributed by atoms with Gasteiger partial charge in [0.25, 0.3) is 0 Å². The van der Waals surface area contributed by atoms with E-state index in [1.54, 1.807) is 0 Å². The summed E-state index contributed by atoms with van der Waals surface area (Å²) in [5, 5.41) is 0. The summed E-state index contributed by atoms with van der Waals surface area (Å²) in [6.45, 7) is 2.21. The van der Waals surface area contributed by atoms with Crippen LogP contribution < -0.4 is 5.73 Å². The first-order valence-electron chi connectivity index (χ1n) is 6.00. The van der Waals surface area contributed by atoms with Gasteiger partial charge in [0.05, 0.1) is 0 Å². The average molecular weight is 181 g/mol. The minimum absolute atomic E-state index is 0.431. The summed E-state index contributed by atoms with van der Waals surface area (Å²) >= 11 is 0. The van der Waals surface area contributed by atoms with Gasteiger partial charge in [0, 0.05) is 6.04 Å². The van der Waals surface area contributed by atoms with Gasteiger partial charge >= 0.3 is 0 Å². The van der Waals surface area contributed by atoms with Crippen molar-refractivity contribution in [2.75, 3.05) is 0 Å². The van der Waals surface area contributed by atoms with E-state index in [-0.39, 0.29) is 0 Å². The second-order valence-electron chi connectivity index (χ2n) is 5.28. The highest BCUT2D eigenvalue weighted by Gasteiger charge is 2.44. The van der Waals surface area contributed by atoms with E-state index in [0.29, 0.717) is 11.5 Å². The predicted molar refractivity (Wildman–Crippen MR) is 56.5 cm³/mol. The fourth-order valence-corrected chi connectivity index (χ4v) is 3.86. The Hall–Kier alpha value is -0.0400. The molecule has 2 N–H and O–H groups in total. The molecule has 2 atom stereocenters.